The number of carbonyl (C=O) groups is 1. The number of nitrogens with one attached hydrogen (secondary N) is 3. The number of aryl methyl sites for hydroxylation is 1. The van der Waals surface area contributed by atoms with Crippen LogP contribution >= 0.6 is 0 Å². The Kier molecular flexibility index (Phi) is 6.10. The van der Waals surface area contributed by atoms with E-state index in [1.54, 1.807) is 24.4 Å². The molecule has 3 aromatic heterocycles. The van der Waals surface area contributed by atoms with Crippen molar-refractivity contribution >= 4 is 45.2 Å². The van der Waals surface area contributed by atoms with Gasteiger partial charge in [0.25, 0.3) is 5.91 Å². The summed E-state index contributed by atoms with van der Waals surface area (Å²) >= 11 is 0. The minimum absolute atomic E-state index is 0.151. The molecule has 0 aliphatic heterocycles. The summed E-state index contributed by atoms with van der Waals surface area (Å²) in [6.45, 7) is 1.86. The number of aromatic nitrogens is 3. The number of anilines is 3. The fraction of sp³-hybridized carbons (Fsp3) is 0.0690. The first-order chi connectivity index (χ1) is 19.2. The number of fused-ring (bicyclic) bond motifs is 2. The van der Waals surface area contributed by atoms with Crippen LogP contribution in [-0.2, 0) is 0 Å². The van der Waals surface area contributed by atoms with Gasteiger partial charge in [0.2, 0.25) is 5.95 Å². The van der Waals surface area contributed by atoms with Crippen LogP contribution < -0.4 is 15.4 Å². The van der Waals surface area contributed by atoms with Crippen molar-refractivity contribution in [2.75, 3.05) is 10.6 Å². The van der Waals surface area contributed by atoms with Gasteiger partial charge in [-0.1, -0.05) is 30.3 Å². The number of amides is 1. The largest absolute Gasteiger partial charge is 0.573 e. The SMILES string of the molecule is Cc1ccc(C(=O)Nc2cccc(OC(F)(F)F)c2)cc1Nc1nc(-c2cc3ccccc3o2)c2[nH]ccc2n1. The second kappa shape index (κ2) is 9.77. The molecule has 11 heteroatoms. The number of alkyl halides is 3. The molecular formula is C29H20F3N5O3. The number of H-pyrrole nitrogens is 1. The van der Waals surface area contributed by atoms with Gasteiger partial charge >= 0.3 is 6.36 Å². The average molecular weight is 544 g/mol. The van der Waals surface area contributed by atoms with Crippen molar-refractivity contribution < 1.29 is 27.1 Å². The van der Waals surface area contributed by atoms with E-state index in [2.05, 4.69) is 25.3 Å². The molecule has 0 unspecified atom stereocenters. The molecule has 0 fully saturated rings. The number of aromatic amines is 1. The van der Waals surface area contributed by atoms with Crippen molar-refractivity contribution in [1.29, 1.82) is 0 Å². The number of hydrogen-bond acceptors (Lipinski definition) is 6. The van der Waals surface area contributed by atoms with Crippen LogP contribution in [0.2, 0.25) is 0 Å². The summed E-state index contributed by atoms with van der Waals surface area (Å²) in [4.78, 5) is 25.4. The summed E-state index contributed by atoms with van der Waals surface area (Å²) < 4.78 is 47.7. The minimum Gasteiger partial charge on any atom is -0.454 e. The average Bonchev–Trinajstić information content (AvgIpc) is 3.56. The van der Waals surface area contributed by atoms with Crippen LogP contribution in [0.5, 0.6) is 5.75 Å². The summed E-state index contributed by atoms with van der Waals surface area (Å²) in [5.41, 5.74) is 4.50. The van der Waals surface area contributed by atoms with E-state index >= 15 is 0 Å². The molecule has 200 valence electrons. The summed E-state index contributed by atoms with van der Waals surface area (Å²) in [7, 11) is 0. The zero-order valence-electron chi connectivity index (χ0n) is 20.8. The number of nitrogens with zero attached hydrogens (tertiary/aromatic N) is 2. The lowest BCUT2D eigenvalue weighted by Gasteiger charge is -2.13. The van der Waals surface area contributed by atoms with Gasteiger partial charge in [-0.25, -0.2) is 9.97 Å². The third-order valence-corrected chi connectivity index (χ3v) is 6.14. The smallest absolute Gasteiger partial charge is 0.454 e. The highest BCUT2D eigenvalue weighted by Gasteiger charge is 2.31. The lowest BCUT2D eigenvalue weighted by atomic mass is 10.1. The molecular weight excluding hydrogens is 523 g/mol. The summed E-state index contributed by atoms with van der Waals surface area (Å²) in [5.74, 6) is -0.0906. The molecule has 0 spiro atoms. The van der Waals surface area contributed by atoms with E-state index in [0.717, 1.165) is 28.7 Å². The molecule has 3 aromatic carbocycles. The molecule has 0 saturated heterocycles. The van der Waals surface area contributed by atoms with Crippen molar-refractivity contribution in [1.82, 2.24) is 15.0 Å². The zero-order valence-corrected chi connectivity index (χ0v) is 20.8. The quantitative estimate of drug-likeness (QED) is 0.200. The highest BCUT2D eigenvalue weighted by Crippen LogP contribution is 2.32. The molecule has 8 nitrogen and oxygen atoms in total. The molecule has 3 heterocycles. The fourth-order valence-corrected chi connectivity index (χ4v) is 4.27. The maximum atomic E-state index is 12.9. The van der Waals surface area contributed by atoms with Crippen molar-refractivity contribution in [2.45, 2.75) is 13.3 Å². The number of para-hydroxylation sites is 1. The van der Waals surface area contributed by atoms with Crippen LogP contribution in [0.25, 0.3) is 33.5 Å². The number of halogens is 3. The van der Waals surface area contributed by atoms with E-state index in [1.807, 2.05) is 43.3 Å². The molecule has 0 saturated carbocycles. The molecule has 40 heavy (non-hydrogen) atoms. The first-order valence-electron chi connectivity index (χ1n) is 12.1. The van der Waals surface area contributed by atoms with Crippen LogP contribution in [-0.4, -0.2) is 27.2 Å². The Labute approximate surface area is 224 Å². The molecule has 0 aliphatic carbocycles. The van der Waals surface area contributed by atoms with E-state index in [-0.39, 0.29) is 11.3 Å². The third kappa shape index (κ3) is 5.17. The molecule has 0 atom stereocenters. The van der Waals surface area contributed by atoms with Crippen LogP contribution in [0.3, 0.4) is 0 Å². The molecule has 6 aromatic rings. The number of hydrogen-bond donors (Lipinski definition) is 3. The lowest BCUT2D eigenvalue weighted by molar-refractivity contribution is -0.274. The van der Waals surface area contributed by atoms with Crippen LogP contribution in [0, 0.1) is 6.92 Å². The van der Waals surface area contributed by atoms with Gasteiger partial charge < -0.3 is 24.8 Å². The predicted molar refractivity (Wildman–Crippen MR) is 145 cm³/mol. The lowest BCUT2D eigenvalue weighted by Crippen LogP contribution is -2.17. The number of carbonyl (C=O) groups excluding carboxylic acids is 1. The molecule has 0 radical (unpaired) electrons. The Bertz CT molecular complexity index is 1840. The Hall–Kier alpha value is -5.32. The monoisotopic (exact) mass is 543 g/mol. The van der Waals surface area contributed by atoms with Gasteiger partial charge in [0.1, 0.15) is 17.0 Å². The topological polar surface area (TPSA) is 105 Å². The normalized spacial score (nSPS) is 11.6. The molecule has 3 N–H and O–H groups in total. The number of benzene rings is 3. The van der Waals surface area contributed by atoms with Gasteiger partial charge in [0.05, 0.1) is 11.0 Å². The van der Waals surface area contributed by atoms with Gasteiger partial charge in [-0.2, -0.15) is 0 Å². The predicted octanol–water partition coefficient (Wildman–Crippen LogP) is 7.57. The first kappa shape index (κ1) is 25.0. The molecule has 0 aliphatic rings. The Morgan fingerprint density at radius 2 is 1.82 bits per heavy atom. The summed E-state index contributed by atoms with van der Waals surface area (Å²) in [6.07, 6.45) is -3.07. The zero-order chi connectivity index (χ0) is 27.9. The molecule has 1 amide bonds. The van der Waals surface area contributed by atoms with E-state index < -0.39 is 18.0 Å². The van der Waals surface area contributed by atoms with Crippen molar-refractivity contribution in [3.05, 3.63) is 96.2 Å². The Balaban J connectivity index is 1.28. The van der Waals surface area contributed by atoms with Gasteiger partial charge in [-0.05, 0) is 55.0 Å². The van der Waals surface area contributed by atoms with Crippen molar-refractivity contribution in [3.63, 3.8) is 0 Å². The number of ether oxygens (including phenoxy) is 1. The van der Waals surface area contributed by atoms with E-state index in [4.69, 9.17) is 9.40 Å². The molecule has 0 bridgehead atoms. The number of furan rings is 1. The maximum absolute atomic E-state index is 12.9. The van der Waals surface area contributed by atoms with Crippen LogP contribution in [0.15, 0.2) is 89.5 Å². The first-order valence-corrected chi connectivity index (χ1v) is 12.1. The second-order valence-electron chi connectivity index (χ2n) is 8.97. The van der Waals surface area contributed by atoms with Crippen molar-refractivity contribution in [2.24, 2.45) is 0 Å². The Morgan fingerprint density at radius 3 is 2.65 bits per heavy atom. The van der Waals surface area contributed by atoms with Crippen molar-refractivity contribution in [3.8, 4) is 17.2 Å². The number of rotatable bonds is 6. The Morgan fingerprint density at radius 1 is 0.975 bits per heavy atom. The summed E-state index contributed by atoms with van der Waals surface area (Å²) in [6, 6.07) is 21.4. The van der Waals surface area contributed by atoms with Gasteiger partial charge in [-0.3, -0.25) is 4.79 Å². The fourth-order valence-electron chi connectivity index (χ4n) is 4.27. The van der Waals surface area contributed by atoms with Crippen LogP contribution in [0.4, 0.5) is 30.5 Å². The van der Waals surface area contributed by atoms with E-state index in [1.165, 1.54) is 12.1 Å². The summed E-state index contributed by atoms with van der Waals surface area (Å²) in [5, 5.41) is 6.73. The maximum Gasteiger partial charge on any atom is 0.573 e. The molecule has 6 rings (SSSR count). The third-order valence-electron chi connectivity index (χ3n) is 6.14. The standard InChI is InChI=1S/C29H20F3N5O3/c1-16-9-10-18(27(38)34-19-6-4-7-20(15-19)40-29(30,31)32)13-22(16)36-28-35-21-11-12-33-25(21)26(37-28)24-14-17-5-2-3-8-23(17)39-24/h2-15,33H,1H3,(H,34,38)(H,35,36,37). The highest BCUT2D eigenvalue weighted by molar-refractivity contribution is 6.05. The highest BCUT2D eigenvalue weighted by atomic mass is 19.4. The minimum atomic E-state index is -4.84. The van der Waals surface area contributed by atoms with Gasteiger partial charge in [0.15, 0.2) is 5.76 Å². The van der Waals surface area contributed by atoms with Crippen LogP contribution in [0.1, 0.15) is 15.9 Å². The van der Waals surface area contributed by atoms with E-state index in [0.29, 0.717) is 34.1 Å². The van der Waals surface area contributed by atoms with Gasteiger partial charge in [0, 0.05) is 34.6 Å². The second-order valence-corrected chi connectivity index (χ2v) is 8.97. The van der Waals surface area contributed by atoms with E-state index in [9.17, 15) is 18.0 Å². The van der Waals surface area contributed by atoms with Gasteiger partial charge in [-0.15, -0.1) is 13.2 Å².